The highest BCUT2D eigenvalue weighted by atomic mass is 16.1. The van der Waals surface area contributed by atoms with E-state index in [-0.39, 0.29) is 11.9 Å². The summed E-state index contributed by atoms with van der Waals surface area (Å²) in [5.41, 5.74) is 5.27. The van der Waals surface area contributed by atoms with Gasteiger partial charge in [-0.3, -0.25) is 9.48 Å². The van der Waals surface area contributed by atoms with E-state index in [1.54, 1.807) is 11.0 Å². The van der Waals surface area contributed by atoms with Gasteiger partial charge >= 0.3 is 0 Å². The minimum atomic E-state index is -0.343. The molecule has 0 radical (unpaired) electrons. The molecule has 76 valence electrons. The fourth-order valence-corrected chi connectivity index (χ4v) is 1.27. The molecule has 1 amide bonds. The molecule has 6 nitrogen and oxygen atoms in total. The summed E-state index contributed by atoms with van der Waals surface area (Å²) in [4.78, 5) is 14.9. The Morgan fingerprint density at radius 1 is 1.71 bits per heavy atom. The number of amides is 1. The van der Waals surface area contributed by atoms with Gasteiger partial charge in [-0.1, -0.05) is 0 Å². The molecule has 1 heterocycles. The number of hydrogen-bond donors (Lipinski definition) is 2. The Labute approximate surface area is 81.5 Å². The van der Waals surface area contributed by atoms with Crippen LogP contribution in [0.15, 0.2) is 12.7 Å². The molecule has 6 heteroatoms. The molecule has 14 heavy (non-hydrogen) atoms. The Kier molecular flexibility index (Phi) is 2.45. The molecule has 1 aliphatic carbocycles. The maximum absolute atomic E-state index is 11.1. The van der Waals surface area contributed by atoms with Crippen LogP contribution >= 0.6 is 0 Å². The van der Waals surface area contributed by atoms with Crippen LogP contribution in [0.1, 0.15) is 12.8 Å². The molecule has 2 rings (SSSR count). The second-order valence-electron chi connectivity index (χ2n) is 3.51. The SMILES string of the molecule is NC(=O)C(Cn1cncn1)NC1CC1. The van der Waals surface area contributed by atoms with Gasteiger partial charge in [-0.05, 0) is 12.8 Å². The van der Waals surface area contributed by atoms with Crippen LogP contribution in [0.3, 0.4) is 0 Å². The summed E-state index contributed by atoms with van der Waals surface area (Å²) in [7, 11) is 0. The Balaban J connectivity index is 1.92. The first kappa shape index (κ1) is 9.14. The highest BCUT2D eigenvalue weighted by Gasteiger charge is 2.27. The van der Waals surface area contributed by atoms with E-state index in [1.165, 1.54) is 6.33 Å². The second-order valence-corrected chi connectivity index (χ2v) is 3.51. The summed E-state index contributed by atoms with van der Waals surface area (Å²) in [6.07, 6.45) is 5.27. The number of nitrogens with two attached hydrogens (primary N) is 1. The zero-order valence-corrected chi connectivity index (χ0v) is 7.76. The highest BCUT2D eigenvalue weighted by Crippen LogP contribution is 2.19. The third kappa shape index (κ3) is 2.29. The molecule has 1 aromatic rings. The lowest BCUT2D eigenvalue weighted by Gasteiger charge is -2.14. The van der Waals surface area contributed by atoms with Gasteiger partial charge in [0.15, 0.2) is 0 Å². The van der Waals surface area contributed by atoms with Crippen molar-refractivity contribution in [2.45, 2.75) is 31.5 Å². The Bertz CT molecular complexity index is 306. The zero-order valence-electron chi connectivity index (χ0n) is 7.76. The molecule has 1 atom stereocenters. The number of carbonyl (C=O) groups is 1. The average Bonchev–Trinajstić information content (AvgIpc) is 2.80. The van der Waals surface area contributed by atoms with Crippen LogP contribution < -0.4 is 11.1 Å². The van der Waals surface area contributed by atoms with E-state index < -0.39 is 0 Å². The first-order valence-electron chi connectivity index (χ1n) is 4.63. The number of aromatic nitrogens is 3. The summed E-state index contributed by atoms with van der Waals surface area (Å²) in [6, 6.07) is 0.111. The Morgan fingerprint density at radius 3 is 3.00 bits per heavy atom. The standard InChI is InChI=1S/C8H13N5O/c9-8(14)7(12-6-1-2-6)3-13-5-10-4-11-13/h4-7,12H,1-3H2,(H2,9,14). The largest absolute Gasteiger partial charge is 0.368 e. The van der Waals surface area contributed by atoms with Crippen LogP contribution in [0, 0.1) is 0 Å². The topological polar surface area (TPSA) is 85.8 Å². The number of hydrogen-bond acceptors (Lipinski definition) is 4. The van der Waals surface area contributed by atoms with Gasteiger partial charge in [0, 0.05) is 6.04 Å². The molecule has 0 saturated heterocycles. The predicted molar refractivity (Wildman–Crippen MR) is 49.2 cm³/mol. The zero-order chi connectivity index (χ0) is 9.97. The van der Waals surface area contributed by atoms with Crippen LogP contribution in [-0.2, 0) is 11.3 Å². The summed E-state index contributed by atoms with van der Waals surface area (Å²) >= 11 is 0. The van der Waals surface area contributed by atoms with Crippen molar-refractivity contribution in [3.63, 3.8) is 0 Å². The van der Waals surface area contributed by atoms with Gasteiger partial charge in [-0.2, -0.15) is 5.10 Å². The van der Waals surface area contributed by atoms with Crippen LogP contribution in [0.5, 0.6) is 0 Å². The monoisotopic (exact) mass is 195 g/mol. The Morgan fingerprint density at radius 2 is 2.50 bits per heavy atom. The first-order chi connectivity index (χ1) is 6.75. The van der Waals surface area contributed by atoms with Crippen LogP contribution in [0.2, 0.25) is 0 Å². The van der Waals surface area contributed by atoms with E-state index in [0.29, 0.717) is 12.6 Å². The van der Waals surface area contributed by atoms with Crippen molar-refractivity contribution in [2.75, 3.05) is 0 Å². The third-order valence-electron chi connectivity index (χ3n) is 2.19. The molecular weight excluding hydrogens is 182 g/mol. The molecule has 0 spiro atoms. The van der Waals surface area contributed by atoms with E-state index in [0.717, 1.165) is 12.8 Å². The molecule has 1 aromatic heterocycles. The third-order valence-corrected chi connectivity index (χ3v) is 2.19. The van der Waals surface area contributed by atoms with Gasteiger partial charge in [0.25, 0.3) is 0 Å². The van der Waals surface area contributed by atoms with Gasteiger partial charge in [0.2, 0.25) is 5.91 Å². The van der Waals surface area contributed by atoms with E-state index >= 15 is 0 Å². The lowest BCUT2D eigenvalue weighted by Crippen LogP contribution is -2.45. The summed E-state index contributed by atoms with van der Waals surface area (Å²) < 4.78 is 1.60. The molecule has 0 aliphatic heterocycles. The van der Waals surface area contributed by atoms with Crippen molar-refractivity contribution in [3.8, 4) is 0 Å². The van der Waals surface area contributed by atoms with E-state index in [2.05, 4.69) is 15.4 Å². The van der Waals surface area contributed by atoms with Gasteiger partial charge < -0.3 is 11.1 Å². The minimum Gasteiger partial charge on any atom is -0.368 e. The van der Waals surface area contributed by atoms with Crippen LogP contribution in [-0.4, -0.2) is 32.8 Å². The van der Waals surface area contributed by atoms with Gasteiger partial charge in [-0.15, -0.1) is 0 Å². The number of nitrogens with one attached hydrogen (secondary N) is 1. The molecule has 1 aliphatic rings. The van der Waals surface area contributed by atoms with Gasteiger partial charge in [0.05, 0.1) is 6.54 Å². The van der Waals surface area contributed by atoms with Crippen molar-refractivity contribution in [2.24, 2.45) is 5.73 Å². The maximum Gasteiger partial charge on any atom is 0.236 e. The summed E-state index contributed by atoms with van der Waals surface area (Å²) in [5, 5.41) is 7.09. The van der Waals surface area contributed by atoms with Crippen molar-refractivity contribution in [1.29, 1.82) is 0 Å². The molecular formula is C8H13N5O. The number of carbonyl (C=O) groups excluding carboxylic acids is 1. The van der Waals surface area contributed by atoms with E-state index in [1.807, 2.05) is 0 Å². The number of rotatable bonds is 5. The first-order valence-corrected chi connectivity index (χ1v) is 4.63. The fraction of sp³-hybridized carbons (Fsp3) is 0.625. The van der Waals surface area contributed by atoms with Crippen molar-refractivity contribution >= 4 is 5.91 Å². The quantitative estimate of drug-likeness (QED) is 0.623. The fourth-order valence-electron chi connectivity index (χ4n) is 1.27. The number of nitrogens with zero attached hydrogens (tertiary/aromatic N) is 3. The highest BCUT2D eigenvalue weighted by molar-refractivity contribution is 5.79. The normalized spacial score (nSPS) is 18.0. The maximum atomic E-state index is 11.1. The lowest BCUT2D eigenvalue weighted by atomic mass is 10.3. The van der Waals surface area contributed by atoms with Gasteiger partial charge in [-0.25, -0.2) is 4.98 Å². The lowest BCUT2D eigenvalue weighted by molar-refractivity contribution is -0.120. The van der Waals surface area contributed by atoms with Crippen LogP contribution in [0.25, 0.3) is 0 Å². The molecule has 1 fully saturated rings. The molecule has 1 saturated carbocycles. The molecule has 0 bridgehead atoms. The average molecular weight is 195 g/mol. The second kappa shape index (κ2) is 3.75. The van der Waals surface area contributed by atoms with E-state index in [4.69, 9.17) is 5.73 Å². The summed E-state index contributed by atoms with van der Waals surface area (Å²) in [6.45, 7) is 0.450. The Hall–Kier alpha value is -1.43. The van der Waals surface area contributed by atoms with Crippen molar-refractivity contribution < 1.29 is 4.79 Å². The number of primary amides is 1. The van der Waals surface area contributed by atoms with Crippen molar-refractivity contribution in [1.82, 2.24) is 20.1 Å². The van der Waals surface area contributed by atoms with E-state index in [9.17, 15) is 4.79 Å². The predicted octanol–water partition coefficient (Wildman–Crippen LogP) is -1.12. The minimum absolute atomic E-state index is 0.340. The molecule has 1 unspecified atom stereocenters. The summed E-state index contributed by atoms with van der Waals surface area (Å²) in [5.74, 6) is -0.340. The molecule has 0 aromatic carbocycles. The van der Waals surface area contributed by atoms with Gasteiger partial charge in [0.1, 0.15) is 18.7 Å². The smallest absolute Gasteiger partial charge is 0.236 e. The van der Waals surface area contributed by atoms with Crippen LogP contribution in [0.4, 0.5) is 0 Å². The molecule has 3 N–H and O–H groups in total. The van der Waals surface area contributed by atoms with Crippen molar-refractivity contribution in [3.05, 3.63) is 12.7 Å².